The number of nitrogens with zero attached hydrogens (tertiary/aromatic N) is 2. The lowest BCUT2D eigenvalue weighted by atomic mass is 9.48. The summed E-state index contributed by atoms with van der Waals surface area (Å²) in [5.41, 5.74) is 2.18. The van der Waals surface area contributed by atoms with Crippen molar-refractivity contribution in [1.29, 1.82) is 0 Å². The molecule has 0 aromatic heterocycles. The molecule has 3 fully saturated rings. The number of benzene rings is 1. The van der Waals surface area contributed by atoms with Crippen molar-refractivity contribution in [2.75, 3.05) is 20.2 Å². The normalized spacial score (nSPS) is 39.7. The van der Waals surface area contributed by atoms with E-state index in [4.69, 9.17) is 4.74 Å². The Bertz CT molecular complexity index is 790. The molecular weight excluding hydrogens is 340 g/mol. The summed E-state index contributed by atoms with van der Waals surface area (Å²) < 4.78 is 5.51. The maximum atomic E-state index is 12.2. The molecule has 5 nitrogen and oxygen atoms in total. The van der Waals surface area contributed by atoms with Crippen LogP contribution in [0.25, 0.3) is 0 Å². The molecule has 0 amide bonds. The number of rotatable bonds is 3. The van der Waals surface area contributed by atoms with Crippen molar-refractivity contribution in [2.45, 2.75) is 62.5 Å². The third-order valence-electron chi connectivity index (χ3n) is 7.88. The van der Waals surface area contributed by atoms with Gasteiger partial charge in [-0.2, -0.15) is 0 Å². The first-order chi connectivity index (χ1) is 13.0. The van der Waals surface area contributed by atoms with Crippen molar-refractivity contribution in [3.63, 3.8) is 0 Å². The molecule has 1 aliphatic heterocycles. The second-order valence-corrected chi connectivity index (χ2v) is 9.31. The first kappa shape index (κ1) is 17.5. The van der Waals surface area contributed by atoms with Gasteiger partial charge in [-0.25, -0.2) is 0 Å². The monoisotopic (exact) mass is 370 g/mol. The number of likely N-dealkylation sites (tertiary alicyclic amines) is 1. The highest BCUT2D eigenvalue weighted by Gasteiger charge is 2.65. The maximum absolute atomic E-state index is 12.2. The predicted octanol–water partition coefficient (Wildman–Crippen LogP) is 2.96. The standard InChI is InChI=1S/C22H30N2O3/c1-14-11-22(25)20-9-16-5-6-17(27-2)10-18(16)21(22,12-19(14)23-26)7-8-24(20)13-15-3-4-15/h5-6,10,14-15,20,25-26H,3-4,7-9,11-13H2,1-2H3/t14?,20-,21-,22-/m1/s1. The lowest BCUT2D eigenvalue weighted by Gasteiger charge is -2.64. The van der Waals surface area contributed by atoms with Crippen LogP contribution in [0.1, 0.15) is 50.2 Å². The van der Waals surface area contributed by atoms with Crippen molar-refractivity contribution < 1.29 is 15.1 Å². The summed E-state index contributed by atoms with van der Waals surface area (Å²) in [6.45, 7) is 4.21. The average Bonchev–Trinajstić information content (AvgIpc) is 3.47. The van der Waals surface area contributed by atoms with Gasteiger partial charge in [0.25, 0.3) is 0 Å². The van der Waals surface area contributed by atoms with Gasteiger partial charge in [-0.3, -0.25) is 4.90 Å². The molecular formula is C22H30N2O3. The summed E-state index contributed by atoms with van der Waals surface area (Å²) in [7, 11) is 1.69. The molecule has 1 aromatic carbocycles. The number of oxime groups is 1. The summed E-state index contributed by atoms with van der Waals surface area (Å²) in [5.74, 6) is 1.75. The minimum absolute atomic E-state index is 0.101. The van der Waals surface area contributed by atoms with E-state index >= 15 is 0 Å². The van der Waals surface area contributed by atoms with Crippen molar-refractivity contribution in [1.82, 2.24) is 4.90 Å². The minimum atomic E-state index is -0.785. The fraction of sp³-hybridized carbons (Fsp3) is 0.682. The molecule has 1 heterocycles. The fourth-order valence-electron chi connectivity index (χ4n) is 6.23. The molecule has 5 rings (SSSR count). The zero-order valence-electron chi connectivity index (χ0n) is 16.3. The number of hydrogen-bond acceptors (Lipinski definition) is 5. The van der Waals surface area contributed by atoms with E-state index in [0.717, 1.165) is 43.3 Å². The predicted molar refractivity (Wildman–Crippen MR) is 104 cm³/mol. The Morgan fingerprint density at radius 2 is 2.15 bits per heavy atom. The third-order valence-corrected chi connectivity index (χ3v) is 7.88. The fourth-order valence-corrected chi connectivity index (χ4v) is 6.23. The highest BCUT2D eigenvalue weighted by molar-refractivity contribution is 5.89. The van der Waals surface area contributed by atoms with Gasteiger partial charge in [0.05, 0.1) is 18.4 Å². The summed E-state index contributed by atoms with van der Waals surface area (Å²) in [6.07, 6.45) is 5.75. The Morgan fingerprint density at radius 1 is 1.33 bits per heavy atom. The van der Waals surface area contributed by atoms with Crippen LogP contribution in [0.2, 0.25) is 0 Å². The van der Waals surface area contributed by atoms with Gasteiger partial charge < -0.3 is 15.1 Å². The Morgan fingerprint density at radius 3 is 2.85 bits per heavy atom. The molecule has 2 N–H and O–H groups in total. The van der Waals surface area contributed by atoms with Crippen LogP contribution in [-0.2, 0) is 11.8 Å². The van der Waals surface area contributed by atoms with E-state index in [-0.39, 0.29) is 17.4 Å². The van der Waals surface area contributed by atoms with E-state index in [1.165, 1.54) is 24.0 Å². The van der Waals surface area contributed by atoms with Gasteiger partial charge in [0.15, 0.2) is 0 Å². The van der Waals surface area contributed by atoms with Gasteiger partial charge in [0.2, 0.25) is 0 Å². The molecule has 0 spiro atoms. The van der Waals surface area contributed by atoms with Crippen LogP contribution in [0.15, 0.2) is 23.4 Å². The molecule has 4 atom stereocenters. The van der Waals surface area contributed by atoms with Gasteiger partial charge >= 0.3 is 0 Å². The van der Waals surface area contributed by atoms with Crippen LogP contribution in [0.5, 0.6) is 5.75 Å². The molecule has 1 aromatic rings. The SMILES string of the molecule is COc1ccc2c(c1)[C@]13CCN(CC4CC4)[C@H](C2)[C@]1(O)CC(C)C(=NO)C3. The quantitative estimate of drug-likeness (QED) is 0.634. The van der Waals surface area contributed by atoms with E-state index < -0.39 is 5.60 Å². The van der Waals surface area contributed by atoms with Gasteiger partial charge in [0, 0.05) is 30.3 Å². The number of aliphatic hydroxyl groups is 1. The first-order valence-corrected chi connectivity index (χ1v) is 10.4. The highest BCUT2D eigenvalue weighted by atomic mass is 16.5. The molecule has 2 saturated carbocycles. The average molecular weight is 370 g/mol. The number of methoxy groups -OCH3 is 1. The van der Waals surface area contributed by atoms with Crippen molar-refractivity contribution in [3.8, 4) is 5.75 Å². The largest absolute Gasteiger partial charge is 0.497 e. The highest BCUT2D eigenvalue weighted by Crippen LogP contribution is 2.59. The van der Waals surface area contributed by atoms with Crippen molar-refractivity contribution in [3.05, 3.63) is 29.3 Å². The Hall–Kier alpha value is -1.59. The van der Waals surface area contributed by atoms with Crippen LogP contribution in [0, 0.1) is 11.8 Å². The lowest BCUT2D eigenvalue weighted by Crippen LogP contribution is -2.74. The molecule has 146 valence electrons. The number of ether oxygens (including phenoxy) is 1. The number of fused-ring (bicyclic) bond motifs is 1. The van der Waals surface area contributed by atoms with E-state index in [9.17, 15) is 10.3 Å². The van der Waals surface area contributed by atoms with Crippen molar-refractivity contribution >= 4 is 5.71 Å². The molecule has 1 unspecified atom stereocenters. The lowest BCUT2D eigenvalue weighted by molar-refractivity contribution is -0.159. The molecule has 3 aliphatic carbocycles. The zero-order chi connectivity index (χ0) is 18.8. The van der Waals surface area contributed by atoms with E-state index in [1.54, 1.807) is 7.11 Å². The van der Waals surface area contributed by atoms with Crippen LogP contribution < -0.4 is 4.74 Å². The zero-order valence-corrected chi connectivity index (χ0v) is 16.3. The molecule has 27 heavy (non-hydrogen) atoms. The Kier molecular flexibility index (Phi) is 3.86. The Balaban J connectivity index is 1.66. The number of piperidine rings is 1. The summed E-state index contributed by atoms with van der Waals surface area (Å²) in [5, 5.41) is 25.5. The Labute approximate surface area is 161 Å². The number of hydrogen-bond donors (Lipinski definition) is 2. The minimum Gasteiger partial charge on any atom is -0.497 e. The second kappa shape index (κ2) is 5.95. The van der Waals surface area contributed by atoms with Gasteiger partial charge in [-0.1, -0.05) is 18.1 Å². The topological polar surface area (TPSA) is 65.3 Å². The van der Waals surface area contributed by atoms with Gasteiger partial charge in [-0.05, 0) is 67.8 Å². The summed E-state index contributed by atoms with van der Waals surface area (Å²) in [4.78, 5) is 2.57. The molecule has 1 saturated heterocycles. The summed E-state index contributed by atoms with van der Waals surface area (Å²) in [6, 6.07) is 6.48. The molecule has 0 radical (unpaired) electrons. The smallest absolute Gasteiger partial charge is 0.119 e. The van der Waals surface area contributed by atoms with Crippen LogP contribution in [-0.4, -0.2) is 52.8 Å². The molecule has 4 aliphatic rings. The van der Waals surface area contributed by atoms with Crippen molar-refractivity contribution in [2.24, 2.45) is 17.0 Å². The van der Waals surface area contributed by atoms with E-state index in [1.807, 2.05) is 6.07 Å². The second-order valence-electron chi connectivity index (χ2n) is 9.31. The molecule has 5 heteroatoms. The summed E-state index contributed by atoms with van der Waals surface area (Å²) >= 11 is 0. The van der Waals surface area contributed by atoms with Gasteiger partial charge in [-0.15, -0.1) is 0 Å². The van der Waals surface area contributed by atoms with Gasteiger partial charge in [0.1, 0.15) is 5.75 Å². The van der Waals surface area contributed by atoms with Crippen LogP contribution >= 0.6 is 0 Å². The third kappa shape index (κ3) is 2.40. The molecule has 2 bridgehead atoms. The maximum Gasteiger partial charge on any atom is 0.119 e. The van der Waals surface area contributed by atoms with Crippen LogP contribution in [0.4, 0.5) is 0 Å². The van der Waals surface area contributed by atoms with E-state index in [2.05, 4.69) is 29.1 Å². The van der Waals surface area contributed by atoms with Crippen LogP contribution in [0.3, 0.4) is 0 Å². The van der Waals surface area contributed by atoms with E-state index in [0.29, 0.717) is 12.8 Å². The first-order valence-electron chi connectivity index (χ1n) is 10.4.